The molecule has 1 N–H and O–H groups in total. The van der Waals surface area contributed by atoms with Crippen LogP contribution in [0.3, 0.4) is 0 Å². The number of nitrogens with zero attached hydrogens (tertiary/aromatic N) is 3. The Balaban J connectivity index is 2.17. The van der Waals surface area contributed by atoms with E-state index >= 15 is 0 Å². The summed E-state index contributed by atoms with van der Waals surface area (Å²) in [7, 11) is 4.65. The first kappa shape index (κ1) is 15.8. The Morgan fingerprint density at radius 3 is 2.32 bits per heavy atom. The van der Waals surface area contributed by atoms with Crippen LogP contribution in [0.15, 0.2) is 30.6 Å². The van der Waals surface area contributed by atoms with Gasteiger partial charge in [0.05, 0.1) is 14.2 Å². The molecule has 1 heterocycles. The van der Waals surface area contributed by atoms with Gasteiger partial charge in [0.25, 0.3) is 0 Å². The first-order valence-corrected chi connectivity index (χ1v) is 6.66. The zero-order valence-electron chi connectivity index (χ0n) is 12.3. The summed E-state index contributed by atoms with van der Waals surface area (Å²) in [6, 6.07) is 6.18. The molecule has 0 aliphatic heterocycles. The third kappa shape index (κ3) is 3.76. The standard InChI is InChI=1S/C14H15ClN4O3/c1-19(13-7-12(15)16-8-17-13)14(20)18-9-4-10(21-2)6-11(5-9)22-3/h4-8H,1-3H3,(H,18,20). The zero-order valence-corrected chi connectivity index (χ0v) is 13.1. The summed E-state index contributed by atoms with van der Waals surface area (Å²) in [5.74, 6) is 1.53. The van der Waals surface area contributed by atoms with Crippen molar-refractivity contribution in [3.63, 3.8) is 0 Å². The monoisotopic (exact) mass is 322 g/mol. The molecule has 0 saturated heterocycles. The fourth-order valence-corrected chi connectivity index (χ4v) is 1.84. The lowest BCUT2D eigenvalue weighted by Gasteiger charge is -2.17. The fourth-order valence-electron chi connectivity index (χ4n) is 1.70. The second-order valence-electron chi connectivity index (χ2n) is 4.29. The van der Waals surface area contributed by atoms with Crippen LogP contribution in [0, 0.1) is 0 Å². The van der Waals surface area contributed by atoms with Gasteiger partial charge in [-0.15, -0.1) is 0 Å². The summed E-state index contributed by atoms with van der Waals surface area (Å²) in [6.07, 6.45) is 1.29. The normalized spacial score (nSPS) is 10.0. The Hall–Kier alpha value is -2.54. The molecule has 8 heteroatoms. The van der Waals surface area contributed by atoms with E-state index in [2.05, 4.69) is 15.3 Å². The third-order valence-electron chi connectivity index (χ3n) is 2.87. The molecule has 0 aliphatic rings. The number of benzene rings is 1. The van der Waals surface area contributed by atoms with Gasteiger partial charge in [0.1, 0.15) is 28.8 Å². The summed E-state index contributed by atoms with van der Waals surface area (Å²) in [6.45, 7) is 0. The Kier molecular flexibility index (Phi) is 5.00. The molecule has 0 bridgehead atoms. The Morgan fingerprint density at radius 2 is 1.77 bits per heavy atom. The van der Waals surface area contributed by atoms with E-state index in [0.717, 1.165) is 0 Å². The lowest BCUT2D eigenvalue weighted by atomic mass is 10.3. The SMILES string of the molecule is COc1cc(NC(=O)N(C)c2cc(Cl)ncn2)cc(OC)c1. The molecular formula is C14H15ClN4O3. The molecule has 0 spiro atoms. The van der Waals surface area contributed by atoms with Crippen molar-refractivity contribution >= 4 is 29.1 Å². The minimum absolute atomic E-state index is 0.257. The Morgan fingerprint density at radius 1 is 1.14 bits per heavy atom. The van der Waals surface area contributed by atoms with Crippen molar-refractivity contribution in [2.45, 2.75) is 0 Å². The molecule has 116 valence electrons. The molecule has 1 aromatic heterocycles. The molecule has 22 heavy (non-hydrogen) atoms. The van der Waals surface area contributed by atoms with E-state index in [-0.39, 0.29) is 11.2 Å². The first-order chi connectivity index (χ1) is 10.5. The van der Waals surface area contributed by atoms with Gasteiger partial charge >= 0.3 is 6.03 Å². The van der Waals surface area contributed by atoms with Crippen LogP contribution < -0.4 is 19.7 Å². The smallest absolute Gasteiger partial charge is 0.327 e. The molecule has 0 aliphatic carbocycles. The number of nitrogens with one attached hydrogen (secondary N) is 1. The summed E-state index contributed by atoms with van der Waals surface area (Å²) >= 11 is 5.79. The average Bonchev–Trinajstić information content (AvgIpc) is 2.53. The molecule has 2 rings (SSSR count). The zero-order chi connectivity index (χ0) is 16.1. The van der Waals surface area contributed by atoms with E-state index in [0.29, 0.717) is 23.0 Å². The summed E-state index contributed by atoms with van der Waals surface area (Å²) in [4.78, 5) is 21.3. The highest BCUT2D eigenvalue weighted by Crippen LogP contribution is 2.26. The van der Waals surface area contributed by atoms with Crippen molar-refractivity contribution in [2.75, 3.05) is 31.5 Å². The number of rotatable bonds is 4. The number of carbonyl (C=O) groups is 1. The van der Waals surface area contributed by atoms with Crippen molar-refractivity contribution in [3.8, 4) is 11.5 Å². The van der Waals surface area contributed by atoms with Crippen LogP contribution >= 0.6 is 11.6 Å². The second kappa shape index (κ2) is 6.95. The number of anilines is 2. The molecular weight excluding hydrogens is 308 g/mol. The maximum Gasteiger partial charge on any atom is 0.327 e. The number of hydrogen-bond donors (Lipinski definition) is 1. The molecule has 0 radical (unpaired) electrons. The molecule has 0 fully saturated rings. The minimum Gasteiger partial charge on any atom is -0.497 e. The van der Waals surface area contributed by atoms with E-state index in [1.54, 1.807) is 25.2 Å². The number of carbonyl (C=O) groups excluding carboxylic acids is 1. The molecule has 0 saturated carbocycles. The van der Waals surface area contributed by atoms with Crippen molar-refractivity contribution in [2.24, 2.45) is 0 Å². The van der Waals surface area contributed by atoms with E-state index < -0.39 is 0 Å². The topological polar surface area (TPSA) is 76.6 Å². The number of halogens is 1. The van der Waals surface area contributed by atoms with Crippen molar-refractivity contribution < 1.29 is 14.3 Å². The van der Waals surface area contributed by atoms with Gasteiger partial charge in [-0.1, -0.05) is 11.6 Å². The largest absolute Gasteiger partial charge is 0.497 e. The number of aromatic nitrogens is 2. The van der Waals surface area contributed by atoms with Gasteiger partial charge < -0.3 is 14.8 Å². The van der Waals surface area contributed by atoms with Crippen LogP contribution in [-0.4, -0.2) is 37.3 Å². The van der Waals surface area contributed by atoms with Gasteiger partial charge in [0, 0.05) is 37.0 Å². The quantitative estimate of drug-likeness (QED) is 0.876. The highest BCUT2D eigenvalue weighted by Gasteiger charge is 2.14. The number of urea groups is 1. The van der Waals surface area contributed by atoms with Crippen molar-refractivity contribution in [1.82, 2.24) is 9.97 Å². The lowest BCUT2D eigenvalue weighted by Crippen LogP contribution is -2.31. The lowest BCUT2D eigenvalue weighted by molar-refractivity contribution is 0.258. The predicted octanol–water partition coefficient (Wildman–Crippen LogP) is 2.82. The van der Waals surface area contributed by atoms with Crippen molar-refractivity contribution in [1.29, 1.82) is 0 Å². The highest BCUT2D eigenvalue weighted by molar-refractivity contribution is 6.29. The van der Waals surface area contributed by atoms with Crippen molar-refractivity contribution in [3.05, 3.63) is 35.7 Å². The Bertz CT molecular complexity index is 659. The maximum absolute atomic E-state index is 12.3. The summed E-state index contributed by atoms with van der Waals surface area (Å²) in [5.41, 5.74) is 0.535. The first-order valence-electron chi connectivity index (χ1n) is 6.29. The number of ether oxygens (including phenoxy) is 2. The number of methoxy groups -OCH3 is 2. The number of hydrogen-bond acceptors (Lipinski definition) is 5. The van der Waals surface area contributed by atoms with Crippen LogP contribution in [0.4, 0.5) is 16.3 Å². The van der Waals surface area contributed by atoms with Gasteiger partial charge in [0.15, 0.2) is 0 Å². The van der Waals surface area contributed by atoms with Gasteiger partial charge in [-0.05, 0) is 0 Å². The third-order valence-corrected chi connectivity index (χ3v) is 3.08. The van der Waals surface area contributed by atoms with Crippen LogP contribution in [0.1, 0.15) is 0 Å². The highest BCUT2D eigenvalue weighted by atomic mass is 35.5. The van der Waals surface area contributed by atoms with Crippen LogP contribution in [0.25, 0.3) is 0 Å². The van der Waals surface area contributed by atoms with Gasteiger partial charge in [-0.3, -0.25) is 4.90 Å². The van der Waals surface area contributed by atoms with Crippen LogP contribution in [-0.2, 0) is 0 Å². The predicted molar refractivity (Wildman–Crippen MR) is 84.0 cm³/mol. The second-order valence-corrected chi connectivity index (χ2v) is 4.68. The van der Waals surface area contributed by atoms with E-state index in [1.165, 1.54) is 31.5 Å². The fraction of sp³-hybridized carbons (Fsp3) is 0.214. The van der Waals surface area contributed by atoms with E-state index in [4.69, 9.17) is 21.1 Å². The average molecular weight is 323 g/mol. The van der Waals surface area contributed by atoms with E-state index in [1.807, 2.05) is 0 Å². The minimum atomic E-state index is -0.384. The molecule has 2 amide bonds. The van der Waals surface area contributed by atoms with Crippen LogP contribution in [0.5, 0.6) is 11.5 Å². The molecule has 2 aromatic rings. The number of amides is 2. The summed E-state index contributed by atoms with van der Waals surface area (Å²) < 4.78 is 10.3. The molecule has 1 aromatic carbocycles. The Labute approximate surface area is 132 Å². The molecule has 0 unspecified atom stereocenters. The van der Waals surface area contributed by atoms with Crippen LogP contribution in [0.2, 0.25) is 5.15 Å². The van der Waals surface area contributed by atoms with Gasteiger partial charge in [0.2, 0.25) is 0 Å². The van der Waals surface area contributed by atoms with Gasteiger partial charge in [-0.2, -0.15) is 0 Å². The van der Waals surface area contributed by atoms with E-state index in [9.17, 15) is 4.79 Å². The maximum atomic E-state index is 12.3. The summed E-state index contributed by atoms with van der Waals surface area (Å²) in [5, 5.41) is 2.99. The molecule has 7 nitrogen and oxygen atoms in total. The molecule has 0 atom stereocenters. The van der Waals surface area contributed by atoms with Gasteiger partial charge in [-0.25, -0.2) is 14.8 Å².